The molecule has 17 heteroatoms. The van der Waals surface area contributed by atoms with Crippen LogP contribution in [0.25, 0.3) is 0 Å². The third-order valence-electron chi connectivity index (χ3n) is 0. The minimum atomic E-state index is -5.39. The van der Waals surface area contributed by atoms with Crippen LogP contribution in [0.2, 0.25) is 0 Å². The molecular weight excluding hydrogens is 344 g/mol. The molecule has 0 unspecified atom stereocenters. The number of hydrogen-bond acceptors (Lipinski definition) is 4. The van der Waals surface area contributed by atoms with Crippen molar-refractivity contribution in [2.45, 2.75) is 18.9 Å². The van der Waals surface area contributed by atoms with Gasteiger partial charge in [-0.3, -0.25) is 17.2 Å². The SMILES string of the molecule is O=P([O-])([O-])[O-].[NH3+]C(F)(F)F.[NH3+]C(F)(F)F.[NH3+]C(F)(F)F. The molecule has 128 valence electrons. The monoisotopic (exact) mass is 353 g/mol. The highest BCUT2D eigenvalue weighted by Gasteiger charge is 2.24. The first-order valence-corrected chi connectivity index (χ1v) is 4.95. The molecule has 0 saturated carbocycles. The Balaban J connectivity index is -0.0000000853. The molecule has 0 saturated heterocycles. The zero-order valence-electron chi connectivity index (χ0n) is 9.10. The molecule has 0 aromatic rings. The summed E-state index contributed by atoms with van der Waals surface area (Å²) in [6.07, 6.45) is -12.8. The molecular formula is C3H9F9N3O4P. The molecule has 7 nitrogen and oxygen atoms in total. The second kappa shape index (κ2) is 10.1. The van der Waals surface area contributed by atoms with E-state index in [1.165, 1.54) is 0 Å². The lowest BCUT2D eigenvalue weighted by Gasteiger charge is -2.36. The van der Waals surface area contributed by atoms with Crippen LogP contribution in [0.3, 0.4) is 0 Å². The van der Waals surface area contributed by atoms with Gasteiger partial charge in [0.1, 0.15) is 0 Å². The molecule has 0 heterocycles. The second-order valence-electron chi connectivity index (χ2n) is 2.29. The fourth-order valence-corrected chi connectivity index (χ4v) is 0. The van der Waals surface area contributed by atoms with Gasteiger partial charge in [-0.1, -0.05) is 0 Å². The number of hydrogen-bond donors (Lipinski definition) is 3. The van der Waals surface area contributed by atoms with Crippen molar-refractivity contribution in [3.63, 3.8) is 0 Å². The first kappa shape index (κ1) is 27.7. The Morgan fingerprint density at radius 2 is 0.600 bits per heavy atom. The van der Waals surface area contributed by atoms with Gasteiger partial charge in [0.05, 0.1) is 0 Å². The van der Waals surface area contributed by atoms with E-state index in [1.807, 2.05) is 0 Å². The predicted molar refractivity (Wildman–Crippen MR) is 34.4 cm³/mol. The van der Waals surface area contributed by atoms with Gasteiger partial charge in [0.15, 0.2) is 0 Å². The fraction of sp³-hybridized carbons (Fsp3) is 1.00. The normalized spacial score (nSPS) is 11.9. The van der Waals surface area contributed by atoms with Gasteiger partial charge in [-0.25, -0.2) is 0 Å². The Hall–Kier alpha value is -0.640. The summed E-state index contributed by atoms with van der Waals surface area (Å²) in [5, 5.41) is 0. The summed E-state index contributed by atoms with van der Waals surface area (Å²) in [5.74, 6) is 0. The van der Waals surface area contributed by atoms with E-state index in [2.05, 4.69) is 0 Å². The molecule has 0 atom stereocenters. The number of rotatable bonds is 0. The van der Waals surface area contributed by atoms with Crippen LogP contribution < -0.4 is 31.9 Å². The van der Waals surface area contributed by atoms with Gasteiger partial charge in [-0.2, -0.15) is 7.82 Å². The van der Waals surface area contributed by atoms with Gasteiger partial charge in [0.2, 0.25) is 0 Å². The summed E-state index contributed by atoms with van der Waals surface area (Å²) in [6, 6.07) is 0. The molecule has 0 aromatic carbocycles. The van der Waals surface area contributed by atoms with E-state index in [0.29, 0.717) is 0 Å². The lowest BCUT2D eigenvalue weighted by molar-refractivity contribution is -0.619. The van der Waals surface area contributed by atoms with Gasteiger partial charge in [0.25, 0.3) is 0 Å². The Morgan fingerprint density at radius 1 is 0.600 bits per heavy atom. The number of alkyl halides is 9. The summed E-state index contributed by atoms with van der Waals surface area (Å²) < 4.78 is 101. The van der Waals surface area contributed by atoms with Crippen molar-refractivity contribution < 1.29 is 76.0 Å². The molecule has 9 N–H and O–H groups in total. The average molecular weight is 353 g/mol. The summed E-state index contributed by atoms with van der Waals surface area (Å²) in [5.41, 5.74) is 5.31. The van der Waals surface area contributed by atoms with Crippen molar-refractivity contribution in [2.24, 2.45) is 0 Å². The molecule has 0 aliphatic carbocycles. The Morgan fingerprint density at radius 3 is 0.600 bits per heavy atom. The highest BCUT2D eigenvalue weighted by molar-refractivity contribution is 7.40. The summed E-state index contributed by atoms with van der Waals surface area (Å²) in [6.45, 7) is 0. The molecule has 0 spiro atoms. The first-order chi connectivity index (χ1) is 8.00. The van der Waals surface area contributed by atoms with E-state index in [1.54, 1.807) is 17.2 Å². The Labute approximate surface area is 104 Å². The maximum Gasteiger partial charge on any atom is 0.556 e. The molecule has 0 bridgehead atoms. The largest absolute Gasteiger partial charge is 0.822 e. The molecule has 0 aromatic heterocycles. The van der Waals surface area contributed by atoms with Crippen LogP contribution >= 0.6 is 7.82 Å². The van der Waals surface area contributed by atoms with Crippen molar-refractivity contribution in [3.8, 4) is 0 Å². The summed E-state index contributed by atoms with van der Waals surface area (Å²) in [4.78, 5) is 25.6. The third-order valence-corrected chi connectivity index (χ3v) is 0. The van der Waals surface area contributed by atoms with Crippen LogP contribution in [-0.4, -0.2) is 18.9 Å². The molecule has 0 rings (SSSR count). The van der Waals surface area contributed by atoms with E-state index in [-0.39, 0.29) is 0 Å². The van der Waals surface area contributed by atoms with E-state index >= 15 is 0 Å². The molecule has 0 amide bonds. The first-order valence-electron chi connectivity index (χ1n) is 3.49. The van der Waals surface area contributed by atoms with Crippen molar-refractivity contribution in [3.05, 3.63) is 0 Å². The molecule has 0 fully saturated rings. The number of halogens is 9. The molecule has 0 aliphatic rings. The average Bonchev–Trinajstić information content (AvgIpc) is 1.62. The zero-order valence-corrected chi connectivity index (χ0v) is 10.00. The lowest BCUT2D eigenvalue weighted by atomic mass is 11.3. The van der Waals surface area contributed by atoms with E-state index in [9.17, 15) is 39.5 Å². The molecule has 0 radical (unpaired) electrons. The summed E-state index contributed by atoms with van der Waals surface area (Å²) >= 11 is 0. The maximum absolute atomic E-state index is 10.2. The van der Waals surface area contributed by atoms with Gasteiger partial charge >= 0.3 is 18.9 Å². The lowest BCUT2D eigenvalue weighted by Crippen LogP contribution is -2.64. The van der Waals surface area contributed by atoms with Gasteiger partial charge in [-0.15, -0.1) is 39.5 Å². The minimum absolute atomic E-state index is 1.77. The maximum atomic E-state index is 10.2. The van der Waals surface area contributed by atoms with Gasteiger partial charge in [0, 0.05) is 0 Å². The van der Waals surface area contributed by atoms with E-state index in [0.717, 1.165) is 0 Å². The highest BCUT2D eigenvalue weighted by Crippen LogP contribution is 2.03. The standard InChI is InChI=1S/3CH2F3N.H3O4P/c3*2-1(3,4)5;1-5(2,3)4/h3*5H2;(H3,1,2,3,4). The quantitative estimate of drug-likeness (QED) is 0.233. The topological polar surface area (TPSA) is 169 Å². The van der Waals surface area contributed by atoms with Crippen LogP contribution in [0.1, 0.15) is 0 Å². The smallest absolute Gasteiger partial charge is 0.556 e. The van der Waals surface area contributed by atoms with Crippen molar-refractivity contribution >= 4 is 7.82 Å². The molecule has 20 heavy (non-hydrogen) atoms. The minimum Gasteiger partial charge on any atom is -0.822 e. The number of phosphoric acid groups is 1. The van der Waals surface area contributed by atoms with Crippen LogP contribution in [0.5, 0.6) is 0 Å². The van der Waals surface area contributed by atoms with E-state index in [4.69, 9.17) is 19.2 Å². The molecule has 0 aliphatic heterocycles. The van der Waals surface area contributed by atoms with Crippen LogP contribution in [0.4, 0.5) is 39.5 Å². The Bertz CT molecular complexity index is 214. The Kier molecular flexibility index (Phi) is 14.0. The van der Waals surface area contributed by atoms with Crippen LogP contribution in [0.15, 0.2) is 0 Å². The van der Waals surface area contributed by atoms with E-state index < -0.39 is 26.7 Å². The summed E-state index contributed by atoms with van der Waals surface area (Å²) in [7, 11) is -5.39. The zero-order chi connectivity index (χ0) is 18.0. The van der Waals surface area contributed by atoms with Crippen molar-refractivity contribution in [2.75, 3.05) is 0 Å². The third kappa shape index (κ3) is 11300. The number of quaternary nitrogens is 3. The van der Waals surface area contributed by atoms with Crippen LogP contribution in [-0.2, 0) is 4.57 Å². The fourth-order valence-electron chi connectivity index (χ4n) is 0. The van der Waals surface area contributed by atoms with Crippen molar-refractivity contribution in [1.29, 1.82) is 0 Å². The van der Waals surface area contributed by atoms with Crippen LogP contribution in [0, 0.1) is 0 Å². The van der Waals surface area contributed by atoms with Crippen molar-refractivity contribution in [1.82, 2.24) is 0 Å². The van der Waals surface area contributed by atoms with Gasteiger partial charge in [-0.05, 0) is 0 Å². The highest BCUT2D eigenvalue weighted by atomic mass is 31.2. The second-order valence-corrected chi connectivity index (χ2v) is 3.19. The predicted octanol–water partition coefficient (Wildman–Crippen LogP) is -3.58. The van der Waals surface area contributed by atoms with Gasteiger partial charge < -0.3 is 19.2 Å².